The molecule has 0 aliphatic heterocycles. The summed E-state index contributed by atoms with van der Waals surface area (Å²) in [6, 6.07) is 11.3. The molecule has 0 bridgehead atoms. The SMILES string of the molecule is CCSc1ccc(CC(=O)Nc2ccc3c(n2)CCC(C)(c2nccn4c(F)c(C)nc24)C3=O)cc1. The van der Waals surface area contributed by atoms with Crippen LogP contribution in [0.5, 0.6) is 0 Å². The van der Waals surface area contributed by atoms with Crippen LogP contribution in [0.1, 0.15) is 53.3 Å². The summed E-state index contributed by atoms with van der Waals surface area (Å²) in [6.07, 6.45) is 4.21. The Labute approximate surface area is 212 Å². The number of carbonyl (C=O) groups excluding carboxylic acids is 2. The van der Waals surface area contributed by atoms with Gasteiger partial charge in [0.25, 0.3) is 0 Å². The zero-order chi connectivity index (χ0) is 25.4. The largest absolute Gasteiger partial charge is 0.310 e. The summed E-state index contributed by atoms with van der Waals surface area (Å²) in [7, 11) is 0. The van der Waals surface area contributed by atoms with Crippen molar-refractivity contribution in [3.8, 4) is 0 Å². The number of anilines is 1. The lowest BCUT2D eigenvalue weighted by atomic mass is 9.71. The van der Waals surface area contributed by atoms with Gasteiger partial charge in [-0.1, -0.05) is 19.1 Å². The molecular formula is C27H26FN5O2S. The molecule has 1 aromatic carbocycles. The number of halogens is 1. The van der Waals surface area contributed by atoms with Gasteiger partial charge < -0.3 is 5.32 Å². The maximum absolute atomic E-state index is 14.4. The Morgan fingerprint density at radius 1 is 1.19 bits per heavy atom. The lowest BCUT2D eigenvalue weighted by molar-refractivity contribution is -0.115. The van der Waals surface area contributed by atoms with E-state index in [9.17, 15) is 14.0 Å². The number of nitrogens with one attached hydrogen (secondary N) is 1. The molecule has 0 saturated heterocycles. The van der Waals surface area contributed by atoms with Crippen LogP contribution in [-0.4, -0.2) is 36.8 Å². The highest BCUT2D eigenvalue weighted by Gasteiger charge is 2.43. The number of amides is 1. The summed E-state index contributed by atoms with van der Waals surface area (Å²) in [6.45, 7) is 5.51. The summed E-state index contributed by atoms with van der Waals surface area (Å²) in [5.41, 5.74) is 2.14. The molecule has 1 atom stereocenters. The van der Waals surface area contributed by atoms with Crippen LogP contribution in [0.4, 0.5) is 10.2 Å². The van der Waals surface area contributed by atoms with Gasteiger partial charge in [0.1, 0.15) is 5.82 Å². The van der Waals surface area contributed by atoms with Crippen molar-refractivity contribution >= 4 is 34.9 Å². The second-order valence-electron chi connectivity index (χ2n) is 9.11. The van der Waals surface area contributed by atoms with Gasteiger partial charge in [0.15, 0.2) is 11.4 Å². The molecule has 1 amide bonds. The van der Waals surface area contributed by atoms with Crippen LogP contribution in [0.15, 0.2) is 53.7 Å². The summed E-state index contributed by atoms with van der Waals surface area (Å²) in [5, 5.41) is 2.85. The molecule has 0 fully saturated rings. The van der Waals surface area contributed by atoms with E-state index in [1.807, 2.05) is 31.2 Å². The molecule has 5 rings (SSSR count). The molecule has 3 aromatic heterocycles. The topological polar surface area (TPSA) is 89.2 Å². The summed E-state index contributed by atoms with van der Waals surface area (Å²) in [5.74, 6) is 0.649. The van der Waals surface area contributed by atoms with E-state index >= 15 is 0 Å². The number of hydrogen-bond acceptors (Lipinski definition) is 6. The van der Waals surface area contributed by atoms with E-state index in [1.54, 1.807) is 30.8 Å². The number of aryl methyl sites for hydroxylation is 2. The zero-order valence-corrected chi connectivity index (χ0v) is 21.2. The number of nitrogens with zero attached hydrogens (tertiary/aromatic N) is 4. The zero-order valence-electron chi connectivity index (χ0n) is 20.3. The standard InChI is InChI=1S/C27H26FN5O2S/c1-4-36-18-7-5-17(6-8-18)15-22(34)32-21-10-9-19-20(31-21)11-12-27(3,24(19)35)23-26-30-16(2)25(28)33(26)14-13-29-23/h5-10,13-14H,4,11-12,15H2,1-3H3,(H,31,32,34). The Hall–Kier alpha value is -3.59. The Bertz CT molecular complexity index is 1480. The molecular weight excluding hydrogens is 477 g/mol. The highest BCUT2D eigenvalue weighted by atomic mass is 32.2. The maximum Gasteiger partial charge on any atom is 0.229 e. The second-order valence-corrected chi connectivity index (χ2v) is 10.4. The molecule has 0 radical (unpaired) electrons. The highest BCUT2D eigenvalue weighted by Crippen LogP contribution is 2.39. The van der Waals surface area contributed by atoms with Crippen molar-refractivity contribution < 1.29 is 14.0 Å². The number of fused-ring (bicyclic) bond motifs is 2. The van der Waals surface area contributed by atoms with Crippen molar-refractivity contribution in [2.24, 2.45) is 0 Å². The number of thioether (sulfide) groups is 1. The Kier molecular flexibility index (Phi) is 6.34. The number of aromatic nitrogens is 4. The lowest BCUT2D eigenvalue weighted by Gasteiger charge is -2.32. The number of ketones is 1. The van der Waals surface area contributed by atoms with Gasteiger partial charge in [-0.3, -0.25) is 19.0 Å². The first-order valence-corrected chi connectivity index (χ1v) is 12.8. The monoisotopic (exact) mass is 503 g/mol. The first kappa shape index (κ1) is 24.1. The van der Waals surface area contributed by atoms with Gasteiger partial charge in [-0.05, 0) is 62.3 Å². The van der Waals surface area contributed by atoms with Gasteiger partial charge in [-0.25, -0.2) is 9.97 Å². The molecule has 1 unspecified atom stereocenters. The number of rotatable bonds is 6. The smallest absolute Gasteiger partial charge is 0.229 e. The van der Waals surface area contributed by atoms with Crippen LogP contribution in [-0.2, 0) is 23.1 Å². The second kappa shape index (κ2) is 9.46. The molecule has 1 N–H and O–H groups in total. The van der Waals surface area contributed by atoms with Gasteiger partial charge in [0.05, 0.1) is 28.9 Å². The Morgan fingerprint density at radius 2 is 1.97 bits per heavy atom. The Morgan fingerprint density at radius 3 is 2.72 bits per heavy atom. The number of hydrogen-bond donors (Lipinski definition) is 1. The van der Waals surface area contributed by atoms with Gasteiger partial charge in [0, 0.05) is 22.9 Å². The molecule has 3 heterocycles. The fourth-order valence-electron chi connectivity index (χ4n) is 4.67. The molecule has 1 aliphatic carbocycles. The van der Waals surface area contributed by atoms with E-state index in [1.165, 1.54) is 21.7 Å². The van der Waals surface area contributed by atoms with Crippen LogP contribution < -0.4 is 5.32 Å². The average Bonchev–Trinajstić information content (AvgIpc) is 3.16. The fraction of sp³-hybridized carbons (Fsp3) is 0.296. The molecule has 1 aliphatic rings. The molecule has 0 saturated carbocycles. The van der Waals surface area contributed by atoms with E-state index in [0.29, 0.717) is 41.3 Å². The van der Waals surface area contributed by atoms with Crippen LogP contribution >= 0.6 is 11.8 Å². The number of benzene rings is 1. The molecule has 7 nitrogen and oxygen atoms in total. The number of imidazole rings is 1. The molecule has 36 heavy (non-hydrogen) atoms. The van der Waals surface area contributed by atoms with Gasteiger partial charge >= 0.3 is 0 Å². The van der Waals surface area contributed by atoms with E-state index in [4.69, 9.17) is 0 Å². The third-order valence-electron chi connectivity index (χ3n) is 6.61. The number of Topliss-reactive ketones (excluding diaryl/α,β-unsaturated/α-hetero) is 1. The number of pyridine rings is 1. The minimum Gasteiger partial charge on any atom is -0.310 e. The molecule has 9 heteroatoms. The third kappa shape index (κ3) is 4.28. The van der Waals surface area contributed by atoms with Crippen molar-refractivity contribution in [1.82, 2.24) is 19.4 Å². The van der Waals surface area contributed by atoms with E-state index in [2.05, 4.69) is 27.2 Å². The summed E-state index contributed by atoms with van der Waals surface area (Å²) < 4.78 is 15.8. The van der Waals surface area contributed by atoms with Crippen molar-refractivity contribution in [3.63, 3.8) is 0 Å². The maximum atomic E-state index is 14.4. The van der Waals surface area contributed by atoms with Gasteiger partial charge in [0.2, 0.25) is 11.9 Å². The molecule has 0 spiro atoms. The Balaban J connectivity index is 1.35. The predicted molar refractivity (Wildman–Crippen MR) is 137 cm³/mol. The van der Waals surface area contributed by atoms with E-state index < -0.39 is 11.4 Å². The fourth-order valence-corrected chi connectivity index (χ4v) is 5.33. The van der Waals surface area contributed by atoms with Crippen LogP contribution in [0.3, 0.4) is 0 Å². The van der Waals surface area contributed by atoms with E-state index in [-0.39, 0.29) is 23.8 Å². The molecule has 4 aromatic rings. The van der Waals surface area contributed by atoms with Crippen molar-refractivity contribution in [2.75, 3.05) is 11.1 Å². The average molecular weight is 504 g/mol. The highest BCUT2D eigenvalue weighted by molar-refractivity contribution is 7.99. The minimum absolute atomic E-state index is 0.138. The lowest BCUT2D eigenvalue weighted by Crippen LogP contribution is -2.39. The summed E-state index contributed by atoms with van der Waals surface area (Å²) in [4.78, 5) is 40.7. The normalized spacial score (nSPS) is 17.3. The predicted octanol–water partition coefficient (Wildman–Crippen LogP) is 4.95. The molecule has 184 valence electrons. The van der Waals surface area contributed by atoms with Crippen LogP contribution in [0, 0.1) is 12.9 Å². The van der Waals surface area contributed by atoms with Crippen LogP contribution in [0.25, 0.3) is 5.65 Å². The van der Waals surface area contributed by atoms with Gasteiger partial charge in [-0.15, -0.1) is 11.8 Å². The van der Waals surface area contributed by atoms with Crippen molar-refractivity contribution in [1.29, 1.82) is 0 Å². The first-order chi connectivity index (χ1) is 17.3. The summed E-state index contributed by atoms with van der Waals surface area (Å²) >= 11 is 1.76. The third-order valence-corrected chi connectivity index (χ3v) is 7.51. The van der Waals surface area contributed by atoms with Crippen molar-refractivity contribution in [3.05, 3.63) is 82.9 Å². The van der Waals surface area contributed by atoms with Gasteiger partial charge in [-0.2, -0.15) is 4.39 Å². The quantitative estimate of drug-likeness (QED) is 0.375. The minimum atomic E-state index is -0.964. The van der Waals surface area contributed by atoms with Crippen molar-refractivity contribution in [2.45, 2.75) is 50.3 Å². The van der Waals surface area contributed by atoms with E-state index in [0.717, 1.165) is 11.3 Å². The van der Waals surface area contributed by atoms with Crippen LogP contribution in [0.2, 0.25) is 0 Å². The number of carbonyl (C=O) groups is 2. The first-order valence-electron chi connectivity index (χ1n) is 11.9.